The van der Waals surface area contributed by atoms with E-state index in [4.69, 9.17) is 16.3 Å². The van der Waals surface area contributed by atoms with Crippen LogP contribution in [0.3, 0.4) is 0 Å². The molecule has 1 N–H and O–H groups in total. The molecule has 2 fully saturated rings. The Morgan fingerprint density at radius 3 is 2.74 bits per heavy atom. The van der Waals surface area contributed by atoms with Gasteiger partial charge in [-0.05, 0) is 18.6 Å². The van der Waals surface area contributed by atoms with Crippen LogP contribution in [-0.2, 0) is 25.7 Å². The zero-order valence-corrected chi connectivity index (χ0v) is 15.6. The van der Waals surface area contributed by atoms with Crippen LogP contribution in [0.25, 0.3) is 0 Å². The normalized spacial score (nSPS) is 20.6. The lowest BCUT2D eigenvalue weighted by molar-refractivity contribution is -0.160. The van der Waals surface area contributed by atoms with Crippen LogP contribution >= 0.6 is 11.6 Å². The van der Waals surface area contributed by atoms with Crippen LogP contribution in [-0.4, -0.2) is 59.4 Å². The number of rotatable bonds is 5. The SMILES string of the molecule is C[C@@H](OC(=O)[C@H]1CC(=O)N(Cc2ccccc2Cl)C1)C(=O)N1CCNC1=O. The molecule has 9 heteroatoms. The first-order valence-electron chi connectivity index (χ1n) is 8.67. The molecule has 2 saturated heterocycles. The van der Waals surface area contributed by atoms with Gasteiger partial charge in [-0.3, -0.25) is 19.3 Å². The minimum Gasteiger partial charge on any atom is -0.452 e. The van der Waals surface area contributed by atoms with Crippen molar-refractivity contribution in [3.05, 3.63) is 34.9 Å². The third-order valence-electron chi connectivity index (χ3n) is 4.63. The summed E-state index contributed by atoms with van der Waals surface area (Å²) >= 11 is 6.12. The molecule has 27 heavy (non-hydrogen) atoms. The summed E-state index contributed by atoms with van der Waals surface area (Å²) in [6, 6.07) is 6.70. The van der Waals surface area contributed by atoms with Gasteiger partial charge in [0.2, 0.25) is 5.91 Å². The maximum atomic E-state index is 12.4. The van der Waals surface area contributed by atoms with Crippen molar-refractivity contribution in [2.75, 3.05) is 19.6 Å². The maximum absolute atomic E-state index is 12.4. The molecule has 2 aliphatic heterocycles. The molecule has 0 radical (unpaired) electrons. The van der Waals surface area contributed by atoms with E-state index in [-0.39, 0.29) is 25.4 Å². The van der Waals surface area contributed by atoms with E-state index in [0.29, 0.717) is 18.1 Å². The quantitative estimate of drug-likeness (QED) is 0.757. The van der Waals surface area contributed by atoms with E-state index in [2.05, 4.69) is 5.32 Å². The third kappa shape index (κ3) is 4.21. The summed E-state index contributed by atoms with van der Waals surface area (Å²) in [6.07, 6.45) is -1.07. The summed E-state index contributed by atoms with van der Waals surface area (Å²) in [5.41, 5.74) is 0.796. The number of nitrogens with one attached hydrogen (secondary N) is 1. The van der Waals surface area contributed by atoms with Gasteiger partial charge in [0.05, 0.1) is 5.92 Å². The van der Waals surface area contributed by atoms with Crippen LogP contribution in [0.1, 0.15) is 18.9 Å². The zero-order valence-electron chi connectivity index (χ0n) is 14.8. The molecule has 0 unspecified atom stereocenters. The molecule has 2 aliphatic rings. The Kier molecular flexibility index (Phi) is 5.65. The molecular weight excluding hydrogens is 374 g/mol. The Hall–Kier alpha value is -2.61. The predicted octanol–water partition coefficient (Wildman–Crippen LogP) is 1.17. The van der Waals surface area contributed by atoms with Crippen LogP contribution in [0.15, 0.2) is 24.3 Å². The minimum atomic E-state index is -1.09. The monoisotopic (exact) mass is 393 g/mol. The lowest BCUT2D eigenvalue weighted by atomic mass is 10.1. The van der Waals surface area contributed by atoms with E-state index in [1.807, 2.05) is 12.1 Å². The van der Waals surface area contributed by atoms with Crippen molar-refractivity contribution in [1.82, 2.24) is 15.1 Å². The lowest BCUT2D eigenvalue weighted by Crippen LogP contribution is -2.42. The fourth-order valence-electron chi connectivity index (χ4n) is 3.14. The van der Waals surface area contributed by atoms with Gasteiger partial charge in [-0.2, -0.15) is 0 Å². The van der Waals surface area contributed by atoms with E-state index in [1.54, 1.807) is 17.0 Å². The average molecular weight is 394 g/mol. The van der Waals surface area contributed by atoms with Gasteiger partial charge in [-0.1, -0.05) is 29.8 Å². The van der Waals surface area contributed by atoms with Gasteiger partial charge in [0, 0.05) is 37.6 Å². The average Bonchev–Trinajstić information content (AvgIpc) is 3.22. The van der Waals surface area contributed by atoms with E-state index >= 15 is 0 Å². The number of hydrogen-bond acceptors (Lipinski definition) is 5. The number of carbonyl (C=O) groups is 4. The van der Waals surface area contributed by atoms with Crippen LogP contribution in [0.2, 0.25) is 5.02 Å². The topological polar surface area (TPSA) is 96.0 Å². The second-order valence-corrected chi connectivity index (χ2v) is 6.97. The maximum Gasteiger partial charge on any atom is 0.324 e. The number of urea groups is 1. The molecule has 2 heterocycles. The van der Waals surface area contributed by atoms with Crippen LogP contribution in [0.5, 0.6) is 0 Å². The molecule has 1 aromatic carbocycles. The van der Waals surface area contributed by atoms with Crippen LogP contribution in [0, 0.1) is 5.92 Å². The highest BCUT2D eigenvalue weighted by Crippen LogP contribution is 2.24. The molecule has 2 atom stereocenters. The highest BCUT2D eigenvalue weighted by Gasteiger charge is 2.38. The lowest BCUT2D eigenvalue weighted by Gasteiger charge is -2.20. The summed E-state index contributed by atoms with van der Waals surface area (Å²) in [5, 5.41) is 3.07. The molecule has 8 nitrogen and oxygen atoms in total. The first kappa shape index (κ1) is 19.2. The van der Waals surface area contributed by atoms with Crippen LogP contribution in [0.4, 0.5) is 4.79 Å². The second kappa shape index (κ2) is 7.96. The molecular formula is C18H20ClN3O5. The second-order valence-electron chi connectivity index (χ2n) is 6.57. The van der Waals surface area contributed by atoms with Crippen molar-refractivity contribution in [1.29, 1.82) is 0 Å². The van der Waals surface area contributed by atoms with Gasteiger partial charge >= 0.3 is 12.0 Å². The smallest absolute Gasteiger partial charge is 0.324 e. The Bertz CT molecular complexity index is 784. The Labute approximate surface area is 161 Å². The number of hydrogen-bond donors (Lipinski definition) is 1. The number of carbonyl (C=O) groups excluding carboxylic acids is 4. The standard InChI is InChI=1S/C18H20ClN3O5/c1-11(16(24)22-7-6-20-18(22)26)27-17(25)13-8-15(23)21(10-13)9-12-4-2-3-5-14(12)19/h2-5,11,13H,6-10H2,1H3,(H,20,26)/t11-,13+/m1/s1. The van der Waals surface area contributed by atoms with Gasteiger partial charge < -0.3 is 15.0 Å². The summed E-state index contributed by atoms with van der Waals surface area (Å²) in [7, 11) is 0. The molecule has 0 bridgehead atoms. The van der Waals surface area contributed by atoms with Gasteiger partial charge in [0.15, 0.2) is 6.10 Å². The van der Waals surface area contributed by atoms with E-state index in [9.17, 15) is 19.2 Å². The molecule has 0 aliphatic carbocycles. The van der Waals surface area contributed by atoms with Crippen LogP contribution < -0.4 is 5.32 Å². The highest BCUT2D eigenvalue weighted by molar-refractivity contribution is 6.31. The van der Waals surface area contributed by atoms with Gasteiger partial charge in [-0.15, -0.1) is 0 Å². The van der Waals surface area contributed by atoms with Gasteiger partial charge in [-0.25, -0.2) is 4.79 Å². The molecule has 0 spiro atoms. The number of esters is 1. The largest absolute Gasteiger partial charge is 0.452 e. The first-order chi connectivity index (χ1) is 12.9. The third-order valence-corrected chi connectivity index (χ3v) is 5.00. The number of benzene rings is 1. The van der Waals surface area contributed by atoms with Gasteiger partial charge in [0.25, 0.3) is 5.91 Å². The zero-order chi connectivity index (χ0) is 19.6. The Morgan fingerprint density at radius 1 is 1.33 bits per heavy atom. The van der Waals surface area contributed by atoms with E-state index in [1.165, 1.54) is 6.92 Å². The molecule has 4 amide bonds. The number of likely N-dealkylation sites (tertiary alicyclic amines) is 1. The van der Waals surface area contributed by atoms with Crippen molar-refractivity contribution in [3.8, 4) is 0 Å². The van der Waals surface area contributed by atoms with E-state index in [0.717, 1.165) is 10.5 Å². The van der Waals surface area contributed by atoms with Crippen molar-refractivity contribution in [3.63, 3.8) is 0 Å². The van der Waals surface area contributed by atoms with Crippen molar-refractivity contribution in [2.24, 2.45) is 5.92 Å². The van der Waals surface area contributed by atoms with Crippen molar-refractivity contribution < 1.29 is 23.9 Å². The highest BCUT2D eigenvalue weighted by atomic mass is 35.5. The molecule has 144 valence electrons. The van der Waals surface area contributed by atoms with E-state index < -0.39 is 29.9 Å². The predicted molar refractivity (Wildman–Crippen MR) is 95.6 cm³/mol. The van der Waals surface area contributed by atoms with Crippen molar-refractivity contribution in [2.45, 2.75) is 26.0 Å². The number of imide groups is 1. The number of halogens is 1. The van der Waals surface area contributed by atoms with Crippen molar-refractivity contribution >= 4 is 35.4 Å². The number of amides is 4. The minimum absolute atomic E-state index is 0.0222. The molecule has 3 rings (SSSR count). The molecule has 0 aromatic heterocycles. The summed E-state index contributed by atoms with van der Waals surface area (Å²) in [5.74, 6) is -2.02. The number of nitrogens with zero attached hydrogens (tertiary/aromatic N) is 2. The summed E-state index contributed by atoms with van der Waals surface area (Å²) < 4.78 is 5.21. The fourth-order valence-corrected chi connectivity index (χ4v) is 3.33. The molecule has 1 aromatic rings. The Balaban J connectivity index is 1.56. The molecule has 0 saturated carbocycles. The number of ether oxygens (including phenoxy) is 1. The van der Waals surface area contributed by atoms with Gasteiger partial charge in [0.1, 0.15) is 0 Å². The fraction of sp³-hybridized carbons (Fsp3) is 0.444. The first-order valence-corrected chi connectivity index (χ1v) is 9.05. The summed E-state index contributed by atoms with van der Waals surface area (Å²) in [4.78, 5) is 50.9. The Morgan fingerprint density at radius 2 is 2.07 bits per heavy atom. The summed E-state index contributed by atoms with van der Waals surface area (Å²) in [6.45, 7) is 2.55.